The van der Waals surface area contributed by atoms with E-state index in [0.29, 0.717) is 6.10 Å². The monoisotopic (exact) mass is 214 g/mol. The van der Waals surface area contributed by atoms with Crippen LogP contribution in [0.1, 0.15) is 45.4 Å². The topological polar surface area (TPSA) is 38.7 Å². The number of hydrogen-bond acceptors (Lipinski definition) is 3. The fourth-order valence-electron chi connectivity index (χ4n) is 2.58. The lowest BCUT2D eigenvalue weighted by Gasteiger charge is -2.29. The van der Waals surface area contributed by atoms with Gasteiger partial charge >= 0.3 is 0 Å². The SMILES string of the molecule is CC1(C(O)CCC2CCCO2)CCCO1. The third-order valence-electron chi connectivity index (χ3n) is 3.74. The number of hydrogen-bond donors (Lipinski definition) is 1. The molecular formula is C12H22O3. The molecule has 0 spiro atoms. The molecule has 0 radical (unpaired) electrons. The summed E-state index contributed by atoms with van der Waals surface area (Å²) in [6.45, 7) is 3.72. The van der Waals surface area contributed by atoms with E-state index in [4.69, 9.17) is 9.47 Å². The van der Waals surface area contributed by atoms with Gasteiger partial charge in [0.25, 0.3) is 0 Å². The second-order valence-corrected chi connectivity index (χ2v) is 4.99. The first-order valence-corrected chi connectivity index (χ1v) is 6.14. The van der Waals surface area contributed by atoms with Crippen LogP contribution in [0.15, 0.2) is 0 Å². The van der Waals surface area contributed by atoms with Crippen molar-refractivity contribution in [3.63, 3.8) is 0 Å². The van der Waals surface area contributed by atoms with Crippen molar-refractivity contribution in [2.24, 2.45) is 0 Å². The third-order valence-corrected chi connectivity index (χ3v) is 3.74. The van der Waals surface area contributed by atoms with Gasteiger partial charge in [-0.1, -0.05) is 0 Å². The van der Waals surface area contributed by atoms with Crippen LogP contribution in [0.4, 0.5) is 0 Å². The Labute approximate surface area is 91.8 Å². The maximum Gasteiger partial charge on any atom is 0.0913 e. The fraction of sp³-hybridized carbons (Fsp3) is 1.00. The van der Waals surface area contributed by atoms with E-state index >= 15 is 0 Å². The molecule has 3 atom stereocenters. The Balaban J connectivity index is 1.73. The zero-order valence-electron chi connectivity index (χ0n) is 9.58. The van der Waals surface area contributed by atoms with Crippen molar-refractivity contribution in [2.45, 2.75) is 63.3 Å². The molecular weight excluding hydrogens is 192 g/mol. The largest absolute Gasteiger partial charge is 0.390 e. The lowest BCUT2D eigenvalue weighted by molar-refractivity contribution is -0.0841. The summed E-state index contributed by atoms with van der Waals surface area (Å²) in [6.07, 6.45) is 6.22. The van der Waals surface area contributed by atoms with E-state index in [1.54, 1.807) is 0 Å². The smallest absolute Gasteiger partial charge is 0.0913 e. The van der Waals surface area contributed by atoms with E-state index in [0.717, 1.165) is 45.3 Å². The standard InChI is InChI=1S/C12H22O3/c1-12(7-3-9-15-12)11(13)6-5-10-4-2-8-14-10/h10-11,13H,2-9H2,1H3. The summed E-state index contributed by atoms with van der Waals surface area (Å²) in [6, 6.07) is 0. The van der Waals surface area contributed by atoms with Gasteiger partial charge in [-0.05, 0) is 45.4 Å². The van der Waals surface area contributed by atoms with Crippen LogP contribution in [0.2, 0.25) is 0 Å². The Kier molecular flexibility index (Phi) is 3.65. The Morgan fingerprint density at radius 1 is 1.40 bits per heavy atom. The summed E-state index contributed by atoms with van der Waals surface area (Å²) in [4.78, 5) is 0. The van der Waals surface area contributed by atoms with Gasteiger partial charge < -0.3 is 14.6 Å². The summed E-state index contributed by atoms with van der Waals surface area (Å²) < 4.78 is 11.2. The fourth-order valence-corrected chi connectivity index (χ4v) is 2.58. The van der Waals surface area contributed by atoms with Crippen molar-refractivity contribution in [3.8, 4) is 0 Å². The molecule has 15 heavy (non-hydrogen) atoms. The lowest BCUT2D eigenvalue weighted by atomic mass is 9.91. The zero-order chi connectivity index (χ0) is 10.7. The molecule has 0 aromatic carbocycles. The molecule has 0 saturated carbocycles. The van der Waals surface area contributed by atoms with E-state index in [2.05, 4.69) is 0 Å². The minimum atomic E-state index is -0.329. The summed E-state index contributed by atoms with van der Waals surface area (Å²) in [5.74, 6) is 0. The molecule has 0 aliphatic carbocycles. The molecule has 2 aliphatic heterocycles. The Bertz CT molecular complexity index is 193. The molecule has 0 aromatic rings. The minimum absolute atomic E-state index is 0.293. The maximum absolute atomic E-state index is 10.1. The highest BCUT2D eigenvalue weighted by Gasteiger charge is 2.37. The zero-order valence-corrected chi connectivity index (χ0v) is 9.58. The van der Waals surface area contributed by atoms with Crippen molar-refractivity contribution >= 4 is 0 Å². The number of ether oxygens (including phenoxy) is 2. The lowest BCUT2D eigenvalue weighted by Crippen LogP contribution is -2.39. The van der Waals surface area contributed by atoms with Crippen LogP contribution >= 0.6 is 0 Å². The van der Waals surface area contributed by atoms with Crippen LogP contribution in [-0.2, 0) is 9.47 Å². The van der Waals surface area contributed by atoms with E-state index in [1.165, 1.54) is 6.42 Å². The molecule has 0 aromatic heterocycles. The summed E-state index contributed by atoms with van der Waals surface area (Å²) in [5.41, 5.74) is -0.293. The molecule has 0 bridgehead atoms. The first kappa shape index (κ1) is 11.4. The minimum Gasteiger partial charge on any atom is -0.390 e. The first-order valence-electron chi connectivity index (χ1n) is 6.14. The molecule has 3 nitrogen and oxygen atoms in total. The Morgan fingerprint density at radius 2 is 2.27 bits per heavy atom. The normalized spacial score (nSPS) is 38.4. The van der Waals surface area contributed by atoms with Crippen LogP contribution in [0.25, 0.3) is 0 Å². The second-order valence-electron chi connectivity index (χ2n) is 4.99. The van der Waals surface area contributed by atoms with Crippen LogP contribution in [0.3, 0.4) is 0 Å². The molecule has 3 unspecified atom stereocenters. The van der Waals surface area contributed by atoms with Gasteiger partial charge in [0.15, 0.2) is 0 Å². The van der Waals surface area contributed by atoms with Gasteiger partial charge in [0.1, 0.15) is 0 Å². The number of aliphatic hydroxyl groups is 1. The predicted molar refractivity (Wildman–Crippen MR) is 57.8 cm³/mol. The third kappa shape index (κ3) is 2.71. The van der Waals surface area contributed by atoms with Crippen molar-refractivity contribution in [2.75, 3.05) is 13.2 Å². The molecule has 2 saturated heterocycles. The molecule has 88 valence electrons. The summed E-state index contributed by atoms with van der Waals surface area (Å²) in [7, 11) is 0. The molecule has 2 rings (SSSR count). The molecule has 1 N–H and O–H groups in total. The molecule has 2 aliphatic rings. The maximum atomic E-state index is 10.1. The van der Waals surface area contributed by atoms with Gasteiger partial charge in [-0.2, -0.15) is 0 Å². The molecule has 3 heteroatoms. The van der Waals surface area contributed by atoms with Gasteiger partial charge in [0.2, 0.25) is 0 Å². The van der Waals surface area contributed by atoms with Gasteiger partial charge in [-0.15, -0.1) is 0 Å². The second kappa shape index (κ2) is 4.81. The van der Waals surface area contributed by atoms with Crippen LogP contribution in [0, 0.1) is 0 Å². The van der Waals surface area contributed by atoms with E-state index in [-0.39, 0.29) is 11.7 Å². The highest BCUT2D eigenvalue weighted by Crippen LogP contribution is 2.31. The van der Waals surface area contributed by atoms with Crippen LogP contribution < -0.4 is 0 Å². The molecule has 2 fully saturated rings. The van der Waals surface area contributed by atoms with Crippen LogP contribution in [0.5, 0.6) is 0 Å². The van der Waals surface area contributed by atoms with Gasteiger partial charge in [0.05, 0.1) is 17.8 Å². The molecule has 2 heterocycles. The highest BCUT2D eigenvalue weighted by atomic mass is 16.5. The van der Waals surface area contributed by atoms with Gasteiger partial charge in [0, 0.05) is 13.2 Å². The summed E-state index contributed by atoms with van der Waals surface area (Å²) >= 11 is 0. The first-order chi connectivity index (χ1) is 7.21. The van der Waals surface area contributed by atoms with Crippen molar-refractivity contribution in [1.82, 2.24) is 0 Å². The quantitative estimate of drug-likeness (QED) is 0.776. The number of aliphatic hydroxyl groups excluding tert-OH is 1. The predicted octanol–water partition coefficient (Wildman–Crippen LogP) is 1.88. The summed E-state index contributed by atoms with van der Waals surface area (Å²) in [5, 5.41) is 10.1. The van der Waals surface area contributed by atoms with E-state index < -0.39 is 0 Å². The van der Waals surface area contributed by atoms with Crippen LogP contribution in [-0.4, -0.2) is 36.1 Å². The van der Waals surface area contributed by atoms with E-state index in [1.807, 2.05) is 6.92 Å². The molecule has 0 amide bonds. The van der Waals surface area contributed by atoms with E-state index in [9.17, 15) is 5.11 Å². The highest BCUT2D eigenvalue weighted by molar-refractivity contribution is 4.88. The van der Waals surface area contributed by atoms with Crippen molar-refractivity contribution in [1.29, 1.82) is 0 Å². The Morgan fingerprint density at radius 3 is 2.87 bits per heavy atom. The average Bonchev–Trinajstić information content (AvgIpc) is 2.85. The van der Waals surface area contributed by atoms with Gasteiger partial charge in [-0.3, -0.25) is 0 Å². The average molecular weight is 214 g/mol. The van der Waals surface area contributed by atoms with Crippen molar-refractivity contribution in [3.05, 3.63) is 0 Å². The van der Waals surface area contributed by atoms with Gasteiger partial charge in [-0.25, -0.2) is 0 Å². The van der Waals surface area contributed by atoms with Crippen molar-refractivity contribution < 1.29 is 14.6 Å². The number of rotatable bonds is 4. The Hall–Kier alpha value is -0.120.